The zero-order chi connectivity index (χ0) is 23.8. The van der Waals surface area contributed by atoms with E-state index >= 15 is 0 Å². The first-order chi connectivity index (χ1) is 16.5. The Bertz CT molecular complexity index is 1050. The Balaban J connectivity index is 1.45. The molecule has 3 aliphatic rings. The van der Waals surface area contributed by atoms with E-state index in [9.17, 15) is 10.1 Å². The van der Waals surface area contributed by atoms with Crippen molar-refractivity contribution in [3.8, 4) is 6.07 Å². The van der Waals surface area contributed by atoms with Crippen LogP contribution in [0.4, 0.5) is 10.5 Å². The SMILES string of the molecule is CCN(C)[C@]1(c2ccccc2)CC[C@@]2(CC1)CN(c1ccc(C#N)cc1)C(=O)N2CC1CCC1. The van der Waals surface area contributed by atoms with E-state index < -0.39 is 0 Å². The Labute approximate surface area is 204 Å². The van der Waals surface area contributed by atoms with E-state index in [1.54, 1.807) is 0 Å². The highest BCUT2D eigenvalue weighted by Gasteiger charge is 2.55. The summed E-state index contributed by atoms with van der Waals surface area (Å²) in [5, 5.41) is 9.18. The fraction of sp³-hybridized carbons (Fsp3) is 0.517. The first-order valence-corrected chi connectivity index (χ1v) is 12.9. The van der Waals surface area contributed by atoms with Crippen LogP contribution in [0, 0.1) is 17.2 Å². The summed E-state index contributed by atoms with van der Waals surface area (Å²) in [5.41, 5.74) is 2.84. The van der Waals surface area contributed by atoms with Crippen molar-refractivity contribution in [2.45, 2.75) is 62.9 Å². The van der Waals surface area contributed by atoms with Gasteiger partial charge in [-0.25, -0.2) is 4.79 Å². The smallest absolute Gasteiger partial charge is 0.317 e. The summed E-state index contributed by atoms with van der Waals surface area (Å²) in [4.78, 5) is 20.5. The molecule has 2 aliphatic carbocycles. The number of rotatable bonds is 6. The minimum absolute atomic E-state index is 0.0221. The van der Waals surface area contributed by atoms with Crippen LogP contribution in [-0.2, 0) is 5.54 Å². The fourth-order valence-corrected chi connectivity index (χ4v) is 6.42. The summed E-state index contributed by atoms with van der Waals surface area (Å²) < 4.78 is 0. The van der Waals surface area contributed by atoms with Gasteiger partial charge in [-0.3, -0.25) is 9.80 Å². The minimum Gasteiger partial charge on any atom is -0.317 e. The van der Waals surface area contributed by atoms with E-state index in [2.05, 4.69) is 60.2 Å². The van der Waals surface area contributed by atoms with E-state index in [0.717, 1.165) is 51.0 Å². The number of amides is 2. The third kappa shape index (κ3) is 3.79. The normalized spacial score (nSPS) is 27.3. The molecule has 0 atom stereocenters. The molecule has 0 bridgehead atoms. The van der Waals surface area contributed by atoms with Crippen molar-refractivity contribution in [3.05, 3.63) is 65.7 Å². The summed E-state index contributed by atoms with van der Waals surface area (Å²) in [6.45, 7) is 4.87. The van der Waals surface area contributed by atoms with Crippen LogP contribution in [0.25, 0.3) is 0 Å². The molecule has 0 unspecified atom stereocenters. The maximum Gasteiger partial charge on any atom is 0.325 e. The van der Waals surface area contributed by atoms with Gasteiger partial charge in [-0.2, -0.15) is 5.26 Å². The molecule has 2 aromatic carbocycles. The van der Waals surface area contributed by atoms with Crippen LogP contribution in [0.15, 0.2) is 54.6 Å². The lowest BCUT2D eigenvalue weighted by Crippen LogP contribution is -2.57. The van der Waals surface area contributed by atoms with Crippen LogP contribution in [0.1, 0.15) is 63.0 Å². The van der Waals surface area contributed by atoms with Crippen LogP contribution in [0.3, 0.4) is 0 Å². The predicted molar refractivity (Wildman–Crippen MR) is 136 cm³/mol. The van der Waals surface area contributed by atoms with E-state index in [1.165, 1.54) is 24.8 Å². The van der Waals surface area contributed by atoms with Crippen molar-refractivity contribution >= 4 is 11.7 Å². The van der Waals surface area contributed by atoms with Crippen molar-refractivity contribution in [3.63, 3.8) is 0 Å². The van der Waals surface area contributed by atoms with Crippen molar-refractivity contribution in [2.75, 3.05) is 31.6 Å². The molecule has 178 valence electrons. The van der Waals surface area contributed by atoms with E-state index in [1.807, 2.05) is 29.2 Å². The van der Waals surface area contributed by atoms with Crippen molar-refractivity contribution in [1.29, 1.82) is 5.26 Å². The lowest BCUT2D eigenvalue weighted by Gasteiger charge is -2.52. The number of carbonyl (C=O) groups excluding carboxylic acids is 1. The van der Waals surface area contributed by atoms with Crippen LogP contribution >= 0.6 is 0 Å². The highest BCUT2D eigenvalue weighted by molar-refractivity contribution is 5.95. The molecule has 2 amide bonds. The predicted octanol–water partition coefficient (Wildman–Crippen LogP) is 5.76. The van der Waals surface area contributed by atoms with E-state index in [-0.39, 0.29) is 17.1 Å². The Kier molecular flexibility index (Phi) is 6.12. The molecule has 5 rings (SSSR count). The summed E-state index contributed by atoms with van der Waals surface area (Å²) >= 11 is 0. The van der Waals surface area contributed by atoms with Gasteiger partial charge in [0.1, 0.15) is 0 Å². The second-order valence-electron chi connectivity index (χ2n) is 10.6. The summed E-state index contributed by atoms with van der Waals surface area (Å²) in [7, 11) is 2.25. The van der Waals surface area contributed by atoms with Crippen molar-refractivity contribution < 1.29 is 4.79 Å². The second-order valence-corrected chi connectivity index (χ2v) is 10.6. The third-order valence-corrected chi connectivity index (χ3v) is 8.98. The zero-order valence-electron chi connectivity index (χ0n) is 20.5. The molecular formula is C29H36N4O. The molecule has 5 nitrogen and oxygen atoms in total. The molecule has 1 heterocycles. The first-order valence-electron chi connectivity index (χ1n) is 12.9. The Morgan fingerprint density at radius 1 is 1.03 bits per heavy atom. The average Bonchev–Trinajstić information content (AvgIpc) is 3.13. The summed E-state index contributed by atoms with van der Waals surface area (Å²) in [6, 6.07) is 20.8. The third-order valence-electron chi connectivity index (χ3n) is 8.98. The van der Waals surface area contributed by atoms with Gasteiger partial charge in [0.05, 0.1) is 23.7 Å². The topological polar surface area (TPSA) is 50.6 Å². The molecule has 5 heteroatoms. The lowest BCUT2D eigenvalue weighted by molar-refractivity contribution is 0.00833. The van der Waals surface area contributed by atoms with Gasteiger partial charge in [-0.15, -0.1) is 0 Å². The Morgan fingerprint density at radius 2 is 1.71 bits per heavy atom. The number of urea groups is 1. The van der Waals surface area contributed by atoms with Gasteiger partial charge < -0.3 is 4.90 Å². The van der Waals surface area contributed by atoms with E-state index in [0.29, 0.717) is 11.5 Å². The standard InChI is InChI=1S/C29H36N4O/c1-3-31(2)29(25-10-5-4-6-11-25)18-16-28(17-19-29)22-32(26-14-12-23(20-30)13-15-26)27(34)33(28)21-24-8-7-9-24/h4-6,10-15,24H,3,7-9,16-19,21-22H2,1-2H3/t28-,29-. The number of nitriles is 1. The molecule has 3 fully saturated rings. The monoisotopic (exact) mass is 456 g/mol. The summed E-state index contributed by atoms with van der Waals surface area (Å²) in [6.07, 6.45) is 7.90. The van der Waals surface area contributed by atoms with Gasteiger partial charge >= 0.3 is 6.03 Å². The number of hydrogen-bond donors (Lipinski definition) is 0. The Morgan fingerprint density at radius 3 is 2.26 bits per heavy atom. The fourth-order valence-electron chi connectivity index (χ4n) is 6.42. The van der Waals surface area contributed by atoms with Crippen molar-refractivity contribution in [1.82, 2.24) is 9.80 Å². The largest absolute Gasteiger partial charge is 0.325 e. The number of carbonyl (C=O) groups is 1. The minimum atomic E-state index is -0.118. The maximum atomic E-state index is 13.8. The maximum absolute atomic E-state index is 13.8. The van der Waals surface area contributed by atoms with Crippen LogP contribution < -0.4 is 4.90 Å². The molecule has 2 saturated carbocycles. The molecular weight excluding hydrogens is 420 g/mol. The number of nitrogens with zero attached hydrogens (tertiary/aromatic N) is 4. The molecule has 2 aromatic rings. The van der Waals surface area contributed by atoms with Gasteiger partial charge in [-0.1, -0.05) is 43.7 Å². The molecule has 1 saturated heterocycles. The van der Waals surface area contributed by atoms with Crippen molar-refractivity contribution in [2.24, 2.45) is 5.92 Å². The number of benzene rings is 2. The van der Waals surface area contributed by atoms with Gasteiger partial charge in [0.25, 0.3) is 0 Å². The van der Waals surface area contributed by atoms with Gasteiger partial charge in [-0.05, 0) is 87.9 Å². The summed E-state index contributed by atoms with van der Waals surface area (Å²) in [5.74, 6) is 0.640. The quantitative estimate of drug-likeness (QED) is 0.555. The van der Waals surface area contributed by atoms with Crippen LogP contribution in [0.2, 0.25) is 0 Å². The van der Waals surface area contributed by atoms with E-state index in [4.69, 9.17) is 0 Å². The number of anilines is 1. The second kappa shape index (κ2) is 9.07. The highest BCUT2D eigenvalue weighted by Crippen LogP contribution is 2.50. The molecule has 0 radical (unpaired) electrons. The van der Waals surface area contributed by atoms with Crippen LogP contribution in [0.5, 0.6) is 0 Å². The molecule has 1 aliphatic heterocycles. The molecule has 0 aromatic heterocycles. The molecule has 34 heavy (non-hydrogen) atoms. The van der Waals surface area contributed by atoms with Crippen LogP contribution in [-0.4, -0.2) is 48.1 Å². The Hall–Kier alpha value is -2.84. The van der Waals surface area contributed by atoms with Gasteiger partial charge in [0.15, 0.2) is 0 Å². The molecule has 1 spiro atoms. The average molecular weight is 457 g/mol. The number of hydrogen-bond acceptors (Lipinski definition) is 3. The van der Waals surface area contributed by atoms with Gasteiger partial charge in [0.2, 0.25) is 0 Å². The zero-order valence-corrected chi connectivity index (χ0v) is 20.5. The lowest BCUT2D eigenvalue weighted by atomic mass is 9.68. The molecule has 0 N–H and O–H groups in total. The first kappa shape index (κ1) is 22.9. The highest BCUT2D eigenvalue weighted by atomic mass is 16.2. The van der Waals surface area contributed by atoms with Gasteiger partial charge in [0, 0.05) is 17.8 Å².